The first-order chi connectivity index (χ1) is 7.50. The number of halogens is 1. The van der Waals surface area contributed by atoms with Crippen molar-refractivity contribution in [3.05, 3.63) is 40.9 Å². The molecule has 0 spiro atoms. The highest BCUT2D eigenvalue weighted by Crippen LogP contribution is 2.28. The maximum absolute atomic E-state index is 9.38. The van der Waals surface area contributed by atoms with Crippen LogP contribution in [0.3, 0.4) is 0 Å². The molecule has 0 bridgehead atoms. The fourth-order valence-electron chi connectivity index (χ4n) is 1.23. The zero-order valence-corrected chi connectivity index (χ0v) is 10.4. The first kappa shape index (κ1) is 13.1. The van der Waals surface area contributed by atoms with E-state index in [1.807, 2.05) is 13.0 Å². The minimum atomic E-state index is -0.512. The van der Waals surface area contributed by atoms with Gasteiger partial charge in [-0.3, -0.25) is 0 Å². The summed E-state index contributed by atoms with van der Waals surface area (Å²) in [5, 5.41) is 9.90. The number of benzene rings is 1. The Hall–Kier alpha value is -0.990. The predicted octanol–water partition coefficient (Wildman–Crippen LogP) is 3.74. The molecule has 1 aromatic carbocycles. The van der Waals surface area contributed by atoms with Crippen LogP contribution in [0.2, 0.25) is 5.02 Å². The van der Waals surface area contributed by atoms with E-state index in [1.165, 1.54) is 0 Å². The Morgan fingerprint density at radius 2 is 2.25 bits per heavy atom. The molecular formula is C13H17ClO2. The lowest BCUT2D eigenvalue weighted by atomic mass is 10.1. The molecule has 0 aromatic heterocycles. The minimum absolute atomic E-state index is 0.512. The number of hydrogen-bond acceptors (Lipinski definition) is 2. The van der Waals surface area contributed by atoms with Gasteiger partial charge in [-0.1, -0.05) is 23.2 Å². The van der Waals surface area contributed by atoms with E-state index in [2.05, 4.69) is 6.58 Å². The van der Waals surface area contributed by atoms with Crippen molar-refractivity contribution < 1.29 is 9.84 Å². The van der Waals surface area contributed by atoms with E-state index in [0.717, 1.165) is 17.6 Å². The maximum Gasteiger partial charge on any atom is 0.137 e. The van der Waals surface area contributed by atoms with Gasteiger partial charge in [-0.2, -0.15) is 0 Å². The van der Waals surface area contributed by atoms with E-state index in [1.54, 1.807) is 19.1 Å². The van der Waals surface area contributed by atoms with Crippen molar-refractivity contribution >= 4 is 11.6 Å². The molecular weight excluding hydrogens is 224 g/mol. The van der Waals surface area contributed by atoms with E-state index in [4.69, 9.17) is 16.3 Å². The van der Waals surface area contributed by atoms with Crippen molar-refractivity contribution in [2.45, 2.75) is 26.4 Å². The third kappa shape index (κ3) is 3.87. The van der Waals surface area contributed by atoms with E-state index < -0.39 is 6.10 Å². The first-order valence-electron chi connectivity index (χ1n) is 5.25. The van der Waals surface area contributed by atoms with Crippen LogP contribution in [0.4, 0.5) is 0 Å². The largest absolute Gasteiger partial charge is 0.492 e. The van der Waals surface area contributed by atoms with Crippen molar-refractivity contribution in [1.29, 1.82) is 0 Å². The molecule has 0 saturated heterocycles. The van der Waals surface area contributed by atoms with Crippen molar-refractivity contribution in [3.8, 4) is 5.75 Å². The van der Waals surface area contributed by atoms with Gasteiger partial charge >= 0.3 is 0 Å². The summed E-state index contributed by atoms with van der Waals surface area (Å²) in [5.41, 5.74) is 1.87. The molecule has 16 heavy (non-hydrogen) atoms. The summed E-state index contributed by atoms with van der Waals surface area (Å²) in [6.45, 7) is 8.03. The lowest BCUT2D eigenvalue weighted by Gasteiger charge is -2.10. The molecule has 0 saturated carbocycles. The quantitative estimate of drug-likeness (QED) is 0.795. The molecule has 1 aromatic rings. The van der Waals surface area contributed by atoms with Crippen molar-refractivity contribution in [3.63, 3.8) is 0 Å². The molecule has 0 amide bonds. The summed E-state index contributed by atoms with van der Waals surface area (Å²) < 4.78 is 5.51. The van der Waals surface area contributed by atoms with Gasteiger partial charge in [0.05, 0.1) is 17.7 Å². The highest BCUT2D eigenvalue weighted by molar-refractivity contribution is 6.32. The van der Waals surface area contributed by atoms with Gasteiger partial charge in [-0.15, -0.1) is 6.58 Å². The molecule has 1 rings (SSSR count). The predicted molar refractivity (Wildman–Crippen MR) is 67.0 cm³/mol. The third-order valence-electron chi connectivity index (χ3n) is 2.22. The summed E-state index contributed by atoms with van der Waals surface area (Å²) >= 11 is 6.03. The standard InChI is InChI=1S/C13H17ClO2/c1-9(2)6-7-16-13-5-4-11(10(3)15)8-12(13)14/h4-5,8,10,15H,1,6-7H2,2-3H3/t10-/m1/s1. The van der Waals surface area contributed by atoms with E-state index >= 15 is 0 Å². The van der Waals surface area contributed by atoms with Gasteiger partial charge in [0, 0.05) is 6.42 Å². The minimum Gasteiger partial charge on any atom is -0.492 e. The number of aliphatic hydroxyl groups excluding tert-OH is 1. The molecule has 0 unspecified atom stereocenters. The second-order valence-electron chi connectivity index (χ2n) is 3.92. The zero-order chi connectivity index (χ0) is 12.1. The average Bonchev–Trinajstić information content (AvgIpc) is 2.19. The van der Waals surface area contributed by atoms with Gasteiger partial charge in [0.2, 0.25) is 0 Å². The lowest BCUT2D eigenvalue weighted by Crippen LogP contribution is -1.99. The third-order valence-corrected chi connectivity index (χ3v) is 2.52. The SMILES string of the molecule is C=C(C)CCOc1ccc([C@@H](C)O)cc1Cl. The molecule has 0 fully saturated rings. The summed E-state index contributed by atoms with van der Waals surface area (Å²) in [6.07, 6.45) is 0.302. The Labute approximate surface area is 102 Å². The first-order valence-corrected chi connectivity index (χ1v) is 5.63. The molecule has 2 nitrogen and oxygen atoms in total. The Bertz CT molecular complexity index is 372. The Morgan fingerprint density at radius 3 is 2.75 bits per heavy atom. The van der Waals surface area contributed by atoms with Crippen LogP contribution in [0.5, 0.6) is 5.75 Å². The van der Waals surface area contributed by atoms with Gasteiger partial charge in [-0.05, 0) is 31.5 Å². The second kappa shape index (κ2) is 5.92. The van der Waals surface area contributed by atoms with Crippen LogP contribution in [0.25, 0.3) is 0 Å². The maximum atomic E-state index is 9.38. The molecule has 88 valence electrons. The van der Waals surface area contributed by atoms with Crippen LogP contribution >= 0.6 is 11.6 Å². The number of aliphatic hydroxyl groups is 1. The molecule has 0 radical (unpaired) electrons. The second-order valence-corrected chi connectivity index (χ2v) is 4.33. The van der Waals surface area contributed by atoms with Crippen LogP contribution in [-0.2, 0) is 0 Å². The number of rotatable bonds is 5. The fraction of sp³-hybridized carbons (Fsp3) is 0.385. The lowest BCUT2D eigenvalue weighted by molar-refractivity contribution is 0.199. The molecule has 1 N–H and O–H groups in total. The smallest absolute Gasteiger partial charge is 0.137 e. The summed E-state index contributed by atoms with van der Waals surface area (Å²) in [5.74, 6) is 0.646. The zero-order valence-electron chi connectivity index (χ0n) is 9.66. The molecule has 0 aliphatic rings. The number of ether oxygens (including phenoxy) is 1. The van der Waals surface area contributed by atoms with Crippen LogP contribution in [0, 0.1) is 0 Å². The average molecular weight is 241 g/mol. The highest BCUT2D eigenvalue weighted by Gasteiger charge is 2.06. The summed E-state index contributed by atoms with van der Waals surface area (Å²) in [4.78, 5) is 0. The van der Waals surface area contributed by atoms with Crippen molar-refractivity contribution in [2.75, 3.05) is 6.61 Å². The topological polar surface area (TPSA) is 29.5 Å². The van der Waals surface area contributed by atoms with Gasteiger partial charge in [0.1, 0.15) is 5.75 Å². The van der Waals surface area contributed by atoms with E-state index in [0.29, 0.717) is 17.4 Å². The highest BCUT2D eigenvalue weighted by atomic mass is 35.5. The van der Waals surface area contributed by atoms with Crippen LogP contribution in [0.15, 0.2) is 30.4 Å². The van der Waals surface area contributed by atoms with Crippen molar-refractivity contribution in [1.82, 2.24) is 0 Å². The Morgan fingerprint density at radius 1 is 1.56 bits per heavy atom. The summed E-state index contributed by atoms with van der Waals surface area (Å²) in [6, 6.07) is 5.32. The van der Waals surface area contributed by atoms with E-state index in [9.17, 15) is 5.11 Å². The number of hydrogen-bond donors (Lipinski definition) is 1. The van der Waals surface area contributed by atoms with E-state index in [-0.39, 0.29) is 0 Å². The monoisotopic (exact) mass is 240 g/mol. The molecule has 0 aliphatic heterocycles. The molecule has 1 atom stereocenters. The van der Waals surface area contributed by atoms with Gasteiger partial charge in [0.25, 0.3) is 0 Å². The Kier molecular flexibility index (Phi) is 4.84. The Balaban J connectivity index is 2.64. The molecule has 0 heterocycles. The van der Waals surface area contributed by atoms with Crippen LogP contribution in [-0.4, -0.2) is 11.7 Å². The van der Waals surface area contributed by atoms with Crippen molar-refractivity contribution in [2.24, 2.45) is 0 Å². The molecule has 3 heteroatoms. The molecule has 0 aliphatic carbocycles. The van der Waals surface area contributed by atoms with Gasteiger partial charge < -0.3 is 9.84 Å². The normalized spacial score (nSPS) is 12.2. The summed E-state index contributed by atoms with van der Waals surface area (Å²) in [7, 11) is 0. The van der Waals surface area contributed by atoms with Gasteiger partial charge in [0.15, 0.2) is 0 Å². The van der Waals surface area contributed by atoms with Gasteiger partial charge in [-0.25, -0.2) is 0 Å². The van der Waals surface area contributed by atoms with Crippen LogP contribution in [0.1, 0.15) is 31.9 Å². The fourth-order valence-corrected chi connectivity index (χ4v) is 1.47. The van der Waals surface area contributed by atoms with Crippen LogP contribution < -0.4 is 4.74 Å².